The SMILES string of the molecule is Cc1cc(C)n(CCC(=O)N[C@@H](C)Cc2cc(C)[nH]n2)c(=O)n1. The van der Waals surface area contributed by atoms with Gasteiger partial charge in [0.15, 0.2) is 0 Å². The van der Waals surface area contributed by atoms with Crippen molar-refractivity contribution in [2.75, 3.05) is 0 Å². The molecule has 7 heteroatoms. The van der Waals surface area contributed by atoms with Crippen LogP contribution >= 0.6 is 0 Å². The number of nitrogens with one attached hydrogen (secondary N) is 2. The number of aromatic amines is 1. The summed E-state index contributed by atoms with van der Waals surface area (Å²) in [7, 11) is 0. The van der Waals surface area contributed by atoms with Crippen LogP contribution in [0.5, 0.6) is 0 Å². The number of carbonyl (C=O) groups is 1. The third-order valence-corrected chi connectivity index (χ3v) is 3.59. The Balaban J connectivity index is 1.86. The summed E-state index contributed by atoms with van der Waals surface area (Å²) in [6.07, 6.45) is 0.913. The Morgan fingerprint density at radius 1 is 1.35 bits per heavy atom. The van der Waals surface area contributed by atoms with E-state index in [2.05, 4.69) is 20.5 Å². The minimum atomic E-state index is -0.310. The summed E-state index contributed by atoms with van der Waals surface area (Å²) in [6.45, 7) is 7.83. The van der Waals surface area contributed by atoms with Crippen molar-refractivity contribution in [3.8, 4) is 0 Å². The Hall–Kier alpha value is -2.44. The highest BCUT2D eigenvalue weighted by molar-refractivity contribution is 5.76. The number of aryl methyl sites for hydroxylation is 3. The topological polar surface area (TPSA) is 92.7 Å². The van der Waals surface area contributed by atoms with Crippen LogP contribution in [0.15, 0.2) is 16.9 Å². The molecule has 2 heterocycles. The highest BCUT2D eigenvalue weighted by atomic mass is 16.2. The van der Waals surface area contributed by atoms with Gasteiger partial charge in [-0.15, -0.1) is 0 Å². The van der Waals surface area contributed by atoms with Gasteiger partial charge in [-0.05, 0) is 39.8 Å². The molecular weight excluding hydrogens is 294 g/mol. The zero-order chi connectivity index (χ0) is 17.0. The number of hydrogen-bond donors (Lipinski definition) is 2. The third kappa shape index (κ3) is 4.77. The van der Waals surface area contributed by atoms with E-state index in [9.17, 15) is 9.59 Å². The zero-order valence-corrected chi connectivity index (χ0v) is 14.0. The molecule has 0 unspecified atom stereocenters. The van der Waals surface area contributed by atoms with Crippen molar-refractivity contribution in [3.63, 3.8) is 0 Å². The van der Waals surface area contributed by atoms with Gasteiger partial charge in [-0.2, -0.15) is 10.1 Å². The van der Waals surface area contributed by atoms with Crippen molar-refractivity contribution in [1.82, 2.24) is 25.1 Å². The lowest BCUT2D eigenvalue weighted by Crippen LogP contribution is -2.36. The quantitative estimate of drug-likeness (QED) is 0.832. The van der Waals surface area contributed by atoms with E-state index >= 15 is 0 Å². The van der Waals surface area contributed by atoms with Gasteiger partial charge < -0.3 is 5.32 Å². The van der Waals surface area contributed by atoms with Gasteiger partial charge >= 0.3 is 5.69 Å². The number of carbonyl (C=O) groups excluding carboxylic acids is 1. The fraction of sp³-hybridized carbons (Fsp3) is 0.500. The number of hydrogen-bond acceptors (Lipinski definition) is 4. The van der Waals surface area contributed by atoms with Crippen molar-refractivity contribution < 1.29 is 4.79 Å². The average Bonchev–Trinajstić information content (AvgIpc) is 2.82. The Labute approximate surface area is 135 Å². The highest BCUT2D eigenvalue weighted by Crippen LogP contribution is 2.03. The number of aromatic nitrogens is 4. The normalized spacial score (nSPS) is 12.2. The standard InChI is InChI=1S/C16H23N5O2/c1-10-7-13(4)21(16(23)18-10)6-5-15(22)17-11(2)8-14-9-12(3)19-20-14/h7,9,11H,5-6,8H2,1-4H3,(H,17,22)(H,19,20)/t11-/m0/s1. The van der Waals surface area contributed by atoms with Crippen molar-refractivity contribution in [2.24, 2.45) is 0 Å². The fourth-order valence-corrected chi connectivity index (χ4v) is 2.55. The molecule has 7 nitrogen and oxygen atoms in total. The summed E-state index contributed by atoms with van der Waals surface area (Å²) in [6, 6.07) is 3.78. The molecule has 2 N–H and O–H groups in total. The van der Waals surface area contributed by atoms with Crippen LogP contribution in [0.2, 0.25) is 0 Å². The second-order valence-corrected chi connectivity index (χ2v) is 5.94. The molecule has 0 saturated carbocycles. The molecule has 0 fully saturated rings. The maximum atomic E-state index is 12.0. The van der Waals surface area contributed by atoms with Crippen LogP contribution in [0, 0.1) is 20.8 Å². The van der Waals surface area contributed by atoms with Crippen LogP contribution in [0.3, 0.4) is 0 Å². The summed E-state index contributed by atoms with van der Waals surface area (Å²) < 4.78 is 1.52. The van der Waals surface area contributed by atoms with E-state index in [-0.39, 0.29) is 24.1 Å². The molecule has 0 aromatic carbocycles. The van der Waals surface area contributed by atoms with E-state index in [1.807, 2.05) is 32.9 Å². The Morgan fingerprint density at radius 3 is 2.70 bits per heavy atom. The first-order valence-electron chi connectivity index (χ1n) is 7.70. The van der Waals surface area contributed by atoms with Crippen LogP contribution in [0.25, 0.3) is 0 Å². The Morgan fingerprint density at radius 2 is 2.09 bits per heavy atom. The van der Waals surface area contributed by atoms with Gasteiger partial charge in [-0.25, -0.2) is 4.79 Å². The molecule has 2 rings (SSSR count). The monoisotopic (exact) mass is 317 g/mol. The first kappa shape index (κ1) is 16.9. The van der Waals surface area contributed by atoms with E-state index in [0.717, 1.165) is 17.1 Å². The first-order chi connectivity index (χ1) is 10.8. The summed E-state index contributed by atoms with van der Waals surface area (Å²) in [4.78, 5) is 27.8. The summed E-state index contributed by atoms with van der Waals surface area (Å²) >= 11 is 0. The van der Waals surface area contributed by atoms with Gasteiger partial charge in [0.1, 0.15) is 0 Å². The van der Waals surface area contributed by atoms with Gasteiger partial charge in [0, 0.05) is 42.5 Å². The first-order valence-corrected chi connectivity index (χ1v) is 7.70. The minimum absolute atomic E-state index is 0.0147. The van der Waals surface area contributed by atoms with E-state index in [1.54, 1.807) is 6.92 Å². The van der Waals surface area contributed by atoms with Gasteiger partial charge in [0.05, 0.1) is 5.69 Å². The minimum Gasteiger partial charge on any atom is -0.353 e. The second-order valence-electron chi connectivity index (χ2n) is 5.94. The maximum absolute atomic E-state index is 12.0. The molecule has 0 saturated heterocycles. The lowest BCUT2D eigenvalue weighted by atomic mass is 10.1. The molecule has 2 aromatic rings. The molecule has 2 aromatic heterocycles. The highest BCUT2D eigenvalue weighted by Gasteiger charge is 2.11. The van der Waals surface area contributed by atoms with Crippen molar-refractivity contribution in [3.05, 3.63) is 45.4 Å². The summed E-state index contributed by atoms with van der Waals surface area (Å²) in [5.41, 5.74) is 3.12. The van der Waals surface area contributed by atoms with E-state index in [0.29, 0.717) is 18.7 Å². The number of H-pyrrole nitrogens is 1. The fourth-order valence-electron chi connectivity index (χ4n) is 2.55. The molecule has 0 spiro atoms. The lowest BCUT2D eigenvalue weighted by Gasteiger charge is -2.14. The predicted molar refractivity (Wildman–Crippen MR) is 87.2 cm³/mol. The molecule has 124 valence electrons. The van der Waals surface area contributed by atoms with Crippen LogP contribution < -0.4 is 11.0 Å². The molecule has 1 atom stereocenters. The van der Waals surface area contributed by atoms with Crippen LogP contribution in [0.4, 0.5) is 0 Å². The van der Waals surface area contributed by atoms with Crippen LogP contribution in [-0.2, 0) is 17.8 Å². The molecule has 0 aliphatic carbocycles. The third-order valence-electron chi connectivity index (χ3n) is 3.59. The average molecular weight is 317 g/mol. The molecule has 0 bridgehead atoms. The lowest BCUT2D eigenvalue weighted by molar-refractivity contribution is -0.121. The number of amides is 1. The second kappa shape index (κ2) is 7.21. The van der Waals surface area contributed by atoms with Gasteiger partial charge in [0.2, 0.25) is 5.91 Å². The Kier molecular flexibility index (Phi) is 5.31. The molecular formula is C16H23N5O2. The van der Waals surface area contributed by atoms with E-state index in [1.165, 1.54) is 4.57 Å². The van der Waals surface area contributed by atoms with Crippen molar-refractivity contribution in [1.29, 1.82) is 0 Å². The van der Waals surface area contributed by atoms with Crippen LogP contribution in [0.1, 0.15) is 36.1 Å². The van der Waals surface area contributed by atoms with E-state index in [4.69, 9.17) is 0 Å². The summed E-state index contributed by atoms with van der Waals surface area (Å²) in [5, 5.41) is 9.97. The maximum Gasteiger partial charge on any atom is 0.347 e. The van der Waals surface area contributed by atoms with Crippen LogP contribution in [-0.4, -0.2) is 31.7 Å². The number of nitrogens with zero attached hydrogens (tertiary/aromatic N) is 3. The van der Waals surface area contributed by atoms with Gasteiger partial charge in [0.25, 0.3) is 0 Å². The largest absolute Gasteiger partial charge is 0.353 e. The molecule has 0 aliphatic heterocycles. The van der Waals surface area contributed by atoms with E-state index < -0.39 is 0 Å². The Bertz CT molecular complexity index is 747. The molecule has 0 radical (unpaired) electrons. The predicted octanol–water partition coefficient (Wildman–Crippen LogP) is 1.03. The zero-order valence-electron chi connectivity index (χ0n) is 14.0. The number of rotatable bonds is 6. The van der Waals surface area contributed by atoms with Crippen molar-refractivity contribution in [2.45, 2.75) is 53.1 Å². The molecule has 1 amide bonds. The van der Waals surface area contributed by atoms with Gasteiger partial charge in [-0.1, -0.05) is 0 Å². The van der Waals surface area contributed by atoms with Gasteiger partial charge in [-0.3, -0.25) is 14.5 Å². The molecule has 23 heavy (non-hydrogen) atoms. The summed E-state index contributed by atoms with van der Waals surface area (Å²) in [5.74, 6) is -0.0865. The molecule has 0 aliphatic rings. The van der Waals surface area contributed by atoms with Crippen molar-refractivity contribution >= 4 is 5.91 Å². The smallest absolute Gasteiger partial charge is 0.347 e.